The molecule has 0 bridgehead atoms. The number of benzene rings is 1. The molecule has 88 valence electrons. The molecule has 0 radical (unpaired) electrons. The van der Waals surface area contributed by atoms with Crippen molar-refractivity contribution in [2.24, 2.45) is 5.10 Å². The van der Waals surface area contributed by atoms with Crippen molar-refractivity contribution >= 4 is 28.1 Å². The van der Waals surface area contributed by atoms with Gasteiger partial charge in [0.15, 0.2) is 0 Å². The number of nitrogens with zero attached hydrogens (tertiary/aromatic N) is 2. The van der Waals surface area contributed by atoms with Crippen LogP contribution < -0.4 is 10.2 Å². The second-order valence-corrected chi connectivity index (χ2v) is 3.93. The molecule has 5 nitrogen and oxygen atoms in total. The van der Waals surface area contributed by atoms with Crippen molar-refractivity contribution in [2.75, 3.05) is 7.11 Å². The van der Waals surface area contributed by atoms with Crippen LogP contribution in [0.3, 0.4) is 0 Å². The predicted octanol–water partition coefficient (Wildman–Crippen LogP) is 1.82. The van der Waals surface area contributed by atoms with Crippen molar-refractivity contribution in [2.45, 2.75) is 6.42 Å². The van der Waals surface area contributed by atoms with Gasteiger partial charge in [-0.1, -0.05) is 15.9 Å². The van der Waals surface area contributed by atoms with Gasteiger partial charge in [-0.05, 0) is 18.2 Å². The van der Waals surface area contributed by atoms with Crippen molar-refractivity contribution in [1.29, 1.82) is 5.26 Å². The van der Waals surface area contributed by atoms with Crippen molar-refractivity contribution in [3.63, 3.8) is 0 Å². The number of rotatable bonds is 4. The number of ether oxygens (including phenoxy) is 1. The van der Waals surface area contributed by atoms with E-state index in [1.807, 2.05) is 6.07 Å². The Kier molecular flexibility index (Phi) is 5.17. The van der Waals surface area contributed by atoms with E-state index in [1.54, 1.807) is 25.3 Å². The van der Waals surface area contributed by atoms with Crippen LogP contribution in [0.15, 0.2) is 27.8 Å². The Morgan fingerprint density at radius 2 is 2.47 bits per heavy atom. The first-order valence-electron chi connectivity index (χ1n) is 4.69. The molecule has 0 aliphatic carbocycles. The van der Waals surface area contributed by atoms with E-state index < -0.39 is 5.91 Å². The van der Waals surface area contributed by atoms with Gasteiger partial charge in [0.05, 0.1) is 19.4 Å². The van der Waals surface area contributed by atoms with Crippen LogP contribution >= 0.6 is 15.9 Å². The Hall–Kier alpha value is -1.87. The number of nitrogens with one attached hydrogen (secondary N) is 1. The molecular formula is C11H10BrN3O2. The highest BCUT2D eigenvalue weighted by Crippen LogP contribution is 2.21. The number of carbonyl (C=O) groups is 1. The monoisotopic (exact) mass is 295 g/mol. The van der Waals surface area contributed by atoms with Gasteiger partial charge in [-0.3, -0.25) is 4.79 Å². The number of amides is 1. The number of hydrogen-bond acceptors (Lipinski definition) is 4. The summed E-state index contributed by atoms with van der Waals surface area (Å²) in [5, 5.41) is 12.0. The van der Waals surface area contributed by atoms with E-state index in [2.05, 4.69) is 26.5 Å². The molecule has 6 heteroatoms. The lowest BCUT2D eigenvalue weighted by Crippen LogP contribution is -2.16. The molecule has 1 amide bonds. The fraction of sp³-hybridized carbons (Fsp3) is 0.182. The average molecular weight is 296 g/mol. The first-order chi connectivity index (χ1) is 8.17. The minimum absolute atomic E-state index is 0.215. The maximum Gasteiger partial charge on any atom is 0.254 e. The van der Waals surface area contributed by atoms with Gasteiger partial charge in [0.2, 0.25) is 0 Å². The van der Waals surface area contributed by atoms with E-state index in [9.17, 15) is 4.79 Å². The molecule has 0 aliphatic heterocycles. The Balaban J connectivity index is 2.74. The molecule has 0 aromatic heterocycles. The van der Waals surface area contributed by atoms with Crippen LogP contribution in [0.5, 0.6) is 5.75 Å². The summed E-state index contributed by atoms with van der Waals surface area (Å²) in [6.07, 6.45) is 1.24. The number of methoxy groups -OCH3 is 1. The zero-order valence-corrected chi connectivity index (χ0v) is 10.7. The van der Waals surface area contributed by atoms with E-state index in [1.165, 1.54) is 6.21 Å². The second-order valence-electron chi connectivity index (χ2n) is 3.01. The molecule has 1 aromatic carbocycles. The number of nitriles is 1. The molecule has 17 heavy (non-hydrogen) atoms. The minimum atomic E-state index is -0.447. The first-order valence-corrected chi connectivity index (χ1v) is 5.49. The Labute approximate surface area is 107 Å². The van der Waals surface area contributed by atoms with Gasteiger partial charge in [-0.25, -0.2) is 5.43 Å². The first kappa shape index (κ1) is 13.2. The van der Waals surface area contributed by atoms with Crippen LogP contribution in [0, 0.1) is 11.3 Å². The van der Waals surface area contributed by atoms with Crippen LogP contribution in [0.4, 0.5) is 0 Å². The van der Waals surface area contributed by atoms with Gasteiger partial charge < -0.3 is 4.74 Å². The third-order valence-corrected chi connectivity index (χ3v) is 2.32. The maximum atomic E-state index is 11.0. The summed E-state index contributed by atoms with van der Waals surface area (Å²) in [6.45, 7) is 0. The van der Waals surface area contributed by atoms with Crippen molar-refractivity contribution < 1.29 is 9.53 Å². The molecule has 1 rings (SSSR count). The SMILES string of the molecule is COc1ccc(Br)cc1/C=N\NC(=O)CC#N. The highest BCUT2D eigenvalue weighted by molar-refractivity contribution is 9.10. The molecule has 0 saturated carbocycles. The van der Waals surface area contributed by atoms with Crippen LogP contribution in [-0.4, -0.2) is 19.2 Å². The van der Waals surface area contributed by atoms with Gasteiger partial charge in [-0.15, -0.1) is 0 Å². The second kappa shape index (κ2) is 6.66. The third kappa shape index (κ3) is 4.25. The van der Waals surface area contributed by atoms with E-state index >= 15 is 0 Å². The predicted molar refractivity (Wildman–Crippen MR) is 66.7 cm³/mol. The summed E-state index contributed by atoms with van der Waals surface area (Å²) in [5.41, 5.74) is 2.96. The Morgan fingerprint density at radius 3 is 3.12 bits per heavy atom. The fourth-order valence-electron chi connectivity index (χ4n) is 1.09. The number of halogens is 1. The molecular weight excluding hydrogens is 286 g/mol. The highest BCUT2D eigenvalue weighted by Gasteiger charge is 2.01. The van der Waals surface area contributed by atoms with Gasteiger partial charge >= 0.3 is 0 Å². The lowest BCUT2D eigenvalue weighted by Gasteiger charge is -2.04. The quantitative estimate of drug-likeness (QED) is 0.680. The zero-order chi connectivity index (χ0) is 12.7. The van der Waals surface area contributed by atoms with E-state index in [-0.39, 0.29) is 6.42 Å². The Morgan fingerprint density at radius 1 is 1.71 bits per heavy atom. The van der Waals surface area contributed by atoms with Gasteiger partial charge in [0, 0.05) is 10.0 Å². The lowest BCUT2D eigenvalue weighted by molar-refractivity contribution is -0.120. The highest BCUT2D eigenvalue weighted by atomic mass is 79.9. The Bertz CT molecular complexity index is 480. The molecule has 0 spiro atoms. The van der Waals surface area contributed by atoms with Crippen molar-refractivity contribution in [3.8, 4) is 11.8 Å². The maximum absolute atomic E-state index is 11.0. The van der Waals surface area contributed by atoms with Crippen LogP contribution in [0.1, 0.15) is 12.0 Å². The van der Waals surface area contributed by atoms with Crippen LogP contribution in [-0.2, 0) is 4.79 Å². The normalized spacial score (nSPS) is 9.94. The van der Waals surface area contributed by atoms with Crippen LogP contribution in [0.25, 0.3) is 0 Å². The summed E-state index contributed by atoms with van der Waals surface area (Å²) in [5.74, 6) is 0.198. The van der Waals surface area contributed by atoms with Crippen molar-refractivity contribution in [3.05, 3.63) is 28.2 Å². The topological polar surface area (TPSA) is 74.5 Å². The average Bonchev–Trinajstić information content (AvgIpc) is 2.30. The van der Waals surface area contributed by atoms with E-state index in [4.69, 9.17) is 10.00 Å². The van der Waals surface area contributed by atoms with E-state index in [0.717, 1.165) is 10.0 Å². The van der Waals surface area contributed by atoms with E-state index in [0.29, 0.717) is 5.75 Å². The molecule has 1 N–H and O–H groups in total. The summed E-state index contributed by atoms with van der Waals surface area (Å²) in [6, 6.07) is 7.15. The van der Waals surface area contributed by atoms with Crippen molar-refractivity contribution in [1.82, 2.24) is 5.43 Å². The molecule has 0 fully saturated rings. The summed E-state index contributed by atoms with van der Waals surface area (Å²) < 4.78 is 6.01. The standard InChI is InChI=1S/C11H10BrN3O2/c1-17-10-3-2-9(12)6-8(10)7-14-15-11(16)4-5-13/h2-3,6-7H,4H2,1H3,(H,15,16)/b14-7-. The van der Waals surface area contributed by atoms with Gasteiger partial charge in [0.25, 0.3) is 5.91 Å². The summed E-state index contributed by atoms with van der Waals surface area (Å²) in [7, 11) is 1.55. The molecule has 0 heterocycles. The molecule has 0 unspecified atom stereocenters. The largest absolute Gasteiger partial charge is 0.496 e. The fourth-order valence-corrected chi connectivity index (χ4v) is 1.47. The molecule has 0 aliphatic rings. The number of hydrazone groups is 1. The summed E-state index contributed by atoms with van der Waals surface area (Å²) >= 11 is 3.32. The number of hydrogen-bond donors (Lipinski definition) is 1. The number of carbonyl (C=O) groups excluding carboxylic acids is 1. The smallest absolute Gasteiger partial charge is 0.254 e. The third-order valence-electron chi connectivity index (χ3n) is 1.82. The molecule has 1 aromatic rings. The lowest BCUT2D eigenvalue weighted by atomic mass is 10.2. The van der Waals surface area contributed by atoms with Gasteiger partial charge in [0.1, 0.15) is 12.2 Å². The molecule has 0 saturated heterocycles. The zero-order valence-electron chi connectivity index (χ0n) is 9.11. The minimum Gasteiger partial charge on any atom is -0.496 e. The molecule has 0 atom stereocenters. The van der Waals surface area contributed by atoms with Crippen LogP contribution in [0.2, 0.25) is 0 Å². The summed E-state index contributed by atoms with van der Waals surface area (Å²) in [4.78, 5) is 11.0. The van der Waals surface area contributed by atoms with Gasteiger partial charge in [-0.2, -0.15) is 10.4 Å².